The van der Waals surface area contributed by atoms with Crippen LogP contribution in [0.1, 0.15) is 21.5 Å². The molecule has 0 N–H and O–H groups in total. The second-order valence-electron chi connectivity index (χ2n) is 5.07. The van der Waals surface area contributed by atoms with Gasteiger partial charge in [-0.2, -0.15) is 0 Å². The number of benzene rings is 2. The second-order valence-corrected chi connectivity index (χ2v) is 5.07. The van der Waals surface area contributed by atoms with Gasteiger partial charge in [-0.1, -0.05) is 42.5 Å². The van der Waals surface area contributed by atoms with E-state index in [1.54, 1.807) is 25.3 Å². The monoisotopic (exact) mass is 308 g/mol. The normalized spacial score (nSPS) is 10.5. The van der Waals surface area contributed by atoms with Crippen LogP contribution < -0.4 is 9.47 Å². The Kier molecular flexibility index (Phi) is 5.75. The predicted octanol–water partition coefficient (Wildman–Crippen LogP) is 4.46. The average Bonchev–Trinajstić information content (AvgIpc) is 2.59. The van der Waals surface area contributed by atoms with Crippen LogP contribution in [0, 0.1) is 6.92 Å². The zero-order valence-electron chi connectivity index (χ0n) is 13.4. The van der Waals surface area contributed by atoms with E-state index in [1.165, 1.54) is 0 Å². The fourth-order valence-corrected chi connectivity index (χ4v) is 2.09. The fourth-order valence-electron chi connectivity index (χ4n) is 2.09. The lowest BCUT2D eigenvalue weighted by Crippen LogP contribution is -2.02. The summed E-state index contributed by atoms with van der Waals surface area (Å²) in [6.07, 6.45) is 4.99. The molecule has 0 saturated carbocycles. The Bertz CT molecular complexity index is 712. The zero-order valence-corrected chi connectivity index (χ0v) is 13.4. The van der Waals surface area contributed by atoms with Crippen molar-refractivity contribution < 1.29 is 14.3 Å². The number of hydrogen-bond acceptors (Lipinski definition) is 3. The molecule has 0 saturated heterocycles. The van der Waals surface area contributed by atoms with Gasteiger partial charge in [0.2, 0.25) is 0 Å². The molecule has 23 heavy (non-hydrogen) atoms. The van der Waals surface area contributed by atoms with Crippen molar-refractivity contribution >= 4 is 11.9 Å². The van der Waals surface area contributed by atoms with E-state index >= 15 is 0 Å². The molecule has 0 amide bonds. The smallest absolute Gasteiger partial charge is 0.189 e. The van der Waals surface area contributed by atoms with E-state index in [0.29, 0.717) is 17.9 Å². The zero-order chi connectivity index (χ0) is 16.7. The molecule has 3 nitrogen and oxygen atoms in total. The summed E-state index contributed by atoms with van der Waals surface area (Å²) in [5, 5.41) is 0. The van der Waals surface area contributed by atoms with E-state index < -0.39 is 0 Å². The summed E-state index contributed by atoms with van der Waals surface area (Å²) >= 11 is 0. The average molecular weight is 308 g/mol. The Hall–Kier alpha value is -2.81. The van der Waals surface area contributed by atoms with Gasteiger partial charge in [0.05, 0.1) is 12.7 Å². The molecule has 3 heteroatoms. The lowest BCUT2D eigenvalue weighted by atomic mass is 10.1. The predicted molar refractivity (Wildman–Crippen MR) is 93.2 cm³/mol. The summed E-state index contributed by atoms with van der Waals surface area (Å²) in [6, 6.07) is 13.1. The molecule has 118 valence electrons. The molecule has 0 atom stereocenters. The minimum atomic E-state index is -0.0939. The largest absolute Gasteiger partial charge is 0.497 e. The van der Waals surface area contributed by atoms with E-state index in [9.17, 15) is 4.79 Å². The van der Waals surface area contributed by atoms with Crippen LogP contribution in [0.2, 0.25) is 0 Å². The second kappa shape index (κ2) is 7.99. The molecule has 2 aromatic carbocycles. The Balaban J connectivity index is 2.20. The third kappa shape index (κ3) is 4.58. The van der Waals surface area contributed by atoms with Gasteiger partial charge in [0.15, 0.2) is 5.78 Å². The number of rotatable bonds is 7. The Labute approximate surface area is 136 Å². The van der Waals surface area contributed by atoms with Crippen molar-refractivity contribution in [3.05, 3.63) is 77.9 Å². The van der Waals surface area contributed by atoms with E-state index in [4.69, 9.17) is 9.47 Å². The van der Waals surface area contributed by atoms with Crippen molar-refractivity contribution in [2.24, 2.45) is 0 Å². The fraction of sp³-hybridized carbons (Fsp3) is 0.150. The number of ether oxygens (including phenoxy) is 2. The van der Waals surface area contributed by atoms with Gasteiger partial charge in [0.25, 0.3) is 0 Å². The standard InChI is InChI=1S/C20H20O3/c1-4-13-23-20-12-5-15(2)14-18(20)19(21)11-8-16-6-9-17(22-3)10-7-16/h4-12,14H,1,13H2,2-3H3/b11-8+. The summed E-state index contributed by atoms with van der Waals surface area (Å²) in [5.41, 5.74) is 2.49. The van der Waals surface area contributed by atoms with Gasteiger partial charge >= 0.3 is 0 Å². The van der Waals surface area contributed by atoms with Crippen LogP contribution in [-0.2, 0) is 0 Å². The molecule has 0 unspecified atom stereocenters. The number of methoxy groups -OCH3 is 1. The van der Waals surface area contributed by atoms with Crippen molar-refractivity contribution in [3.8, 4) is 11.5 Å². The number of carbonyl (C=O) groups is 1. The van der Waals surface area contributed by atoms with Gasteiger partial charge in [-0.15, -0.1) is 0 Å². The van der Waals surface area contributed by atoms with Gasteiger partial charge in [-0.25, -0.2) is 0 Å². The summed E-state index contributed by atoms with van der Waals surface area (Å²) in [6.45, 7) is 5.94. The van der Waals surface area contributed by atoms with E-state index in [-0.39, 0.29) is 5.78 Å². The number of carbonyl (C=O) groups excluding carboxylic acids is 1. The van der Waals surface area contributed by atoms with Crippen molar-refractivity contribution in [2.45, 2.75) is 6.92 Å². The molecule has 0 heterocycles. The molecule has 0 bridgehead atoms. The van der Waals surface area contributed by atoms with E-state index in [0.717, 1.165) is 16.9 Å². The van der Waals surface area contributed by atoms with Crippen molar-refractivity contribution in [1.29, 1.82) is 0 Å². The number of hydrogen-bond donors (Lipinski definition) is 0. The van der Waals surface area contributed by atoms with Gasteiger partial charge in [-0.05, 0) is 42.8 Å². The SMILES string of the molecule is C=CCOc1ccc(C)cc1C(=O)/C=C/c1ccc(OC)cc1. The molecular weight excluding hydrogens is 288 g/mol. The lowest BCUT2D eigenvalue weighted by Gasteiger charge is -2.09. The molecule has 0 spiro atoms. The first-order valence-corrected chi connectivity index (χ1v) is 7.35. The highest BCUT2D eigenvalue weighted by Crippen LogP contribution is 2.22. The first-order valence-electron chi connectivity index (χ1n) is 7.35. The number of allylic oxidation sites excluding steroid dienone is 1. The molecule has 0 aliphatic carbocycles. The molecule has 0 aliphatic heterocycles. The van der Waals surface area contributed by atoms with Crippen LogP contribution in [0.3, 0.4) is 0 Å². The third-order valence-electron chi connectivity index (χ3n) is 3.30. The van der Waals surface area contributed by atoms with Crippen molar-refractivity contribution in [2.75, 3.05) is 13.7 Å². The summed E-state index contributed by atoms with van der Waals surface area (Å²) in [5.74, 6) is 1.26. The molecule has 0 fully saturated rings. The lowest BCUT2D eigenvalue weighted by molar-refractivity contribution is 0.104. The van der Waals surface area contributed by atoms with Gasteiger partial charge in [-0.3, -0.25) is 4.79 Å². The third-order valence-corrected chi connectivity index (χ3v) is 3.30. The maximum atomic E-state index is 12.5. The topological polar surface area (TPSA) is 35.5 Å². The van der Waals surface area contributed by atoms with Gasteiger partial charge in [0, 0.05) is 0 Å². The minimum Gasteiger partial charge on any atom is -0.497 e. The van der Waals surface area contributed by atoms with Crippen LogP contribution in [0.5, 0.6) is 11.5 Å². The Morgan fingerprint density at radius 1 is 1.17 bits per heavy atom. The molecule has 2 rings (SSSR count). The maximum Gasteiger partial charge on any atom is 0.189 e. The molecule has 0 radical (unpaired) electrons. The Morgan fingerprint density at radius 3 is 2.57 bits per heavy atom. The number of ketones is 1. The number of aryl methyl sites for hydroxylation is 1. The summed E-state index contributed by atoms with van der Waals surface area (Å²) < 4.78 is 10.7. The van der Waals surface area contributed by atoms with Crippen LogP contribution in [0.25, 0.3) is 6.08 Å². The summed E-state index contributed by atoms with van der Waals surface area (Å²) in [7, 11) is 1.62. The van der Waals surface area contributed by atoms with Gasteiger partial charge < -0.3 is 9.47 Å². The molecule has 0 aromatic heterocycles. The summed E-state index contributed by atoms with van der Waals surface area (Å²) in [4.78, 5) is 12.5. The first kappa shape index (κ1) is 16.6. The van der Waals surface area contributed by atoms with Crippen molar-refractivity contribution in [1.82, 2.24) is 0 Å². The van der Waals surface area contributed by atoms with Crippen molar-refractivity contribution in [3.63, 3.8) is 0 Å². The molecule has 0 aliphatic rings. The minimum absolute atomic E-state index is 0.0939. The van der Waals surface area contributed by atoms with E-state index in [2.05, 4.69) is 6.58 Å². The molecular formula is C20H20O3. The highest BCUT2D eigenvalue weighted by Gasteiger charge is 2.10. The highest BCUT2D eigenvalue weighted by molar-refractivity contribution is 6.08. The quantitative estimate of drug-likeness (QED) is 0.430. The first-order chi connectivity index (χ1) is 11.1. The van der Waals surface area contributed by atoms with Gasteiger partial charge in [0.1, 0.15) is 18.1 Å². The van der Waals surface area contributed by atoms with Crippen LogP contribution in [0.4, 0.5) is 0 Å². The Morgan fingerprint density at radius 2 is 1.91 bits per heavy atom. The maximum absolute atomic E-state index is 12.5. The molecule has 2 aromatic rings. The van der Waals surface area contributed by atoms with Crippen LogP contribution in [0.15, 0.2) is 61.2 Å². The highest BCUT2D eigenvalue weighted by atomic mass is 16.5. The van der Waals surface area contributed by atoms with Crippen LogP contribution in [-0.4, -0.2) is 19.5 Å². The van der Waals surface area contributed by atoms with E-state index in [1.807, 2.05) is 49.4 Å². The van der Waals surface area contributed by atoms with Crippen LogP contribution >= 0.6 is 0 Å².